The quantitative estimate of drug-likeness (QED) is 0.523. The Morgan fingerprint density at radius 2 is 1.50 bits per heavy atom. The molecule has 1 heterocycles. The number of aryl methyl sites for hydroxylation is 1. The van der Waals surface area contributed by atoms with Crippen molar-refractivity contribution in [2.75, 3.05) is 0 Å². The molecule has 0 radical (unpaired) electrons. The molecular weight excluding hydrogens is 122 g/mol. The van der Waals surface area contributed by atoms with Gasteiger partial charge in [-0.3, -0.25) is 0 Å². The van der Waals surface area contributed by atoms with Crippen LogP contribution in [0.15, 0.2) is 30.6 Å². The van der Waals surface area contributed by atoms with Crippen molar-refractivity contribution in [3.05, 3.63) is 30.6 Å². The zero-order chi connectivity index (χ0) is 7.82. The van der Waals surface area contributed by atoms with E-state index in [4.69, 9.17) is 0 Å². The third-order valence-electron chi connectivity index (χ3n) is 1.14. The van der Waals surface area contributed by atoms with Crippen LogP contribution in [0.3, 0.4) is 0 Å². The Kier molecular flexibility index (Phi) is 5.74. The summed E-state index contributed by atoms with van der Waals surface area (Å²) in [5.41, 5.74) is 0. The van der Waals surface area contributed by atoms with Crippen LogP contribution in [0.25, 0.3) is 0 Å². The van der Waals surface area contributed by atoms with Crippen LogP contribution in [0, 0.1) is 0 Å². The van der Waals surface area contributed by atoms with Gasteiger partial charge in [-0.2, -0.15) is 0 Å². The highest BCUT2D eigenvalue weighted by atomic mass is 14.9. The molecule has 0 spiro atoms. The van der Waals surface area contributed by atoms with Crippen LogP contribution in [0.1, 0.15) is 20.8 Å². The van der Waals surface area contributed by atoms with Gasteiger partial charge in [-0.15, -0.1) is 0 Å². The van der Waals surface area contributed by atoms with Gasteiger partial charge in [0.1, 0.15) is 6.54 Å². The largest absolute Gasteiger partial charge is 0.205 e. The summed E-state index contributed by atoms with van der Waals surface area (Å²) < 4.78 is 2.12. The molecule has 0 N–H and O–H groups in total. The van der Waals surface area contributed by atoms with E-state index in [1.807, 2.05) is 32.0 Å². The molecule has 0 unspecified atom stereocenters. The molecule has 0 aliphatic rings. The monoisotopic (exact) mass is 138 g/mol. The lowest BCUT2D eigenvalue weighted by Gasteiger charge is -1.84. The van der Waals surface area contributed by atoms with Crippen LogP contribution >= 0.6 is 0 Å². The van der Waals surface area contributed by atoms with Crippen molar-refractivity contribution >= 4 is 0 Å². The summed E-state index contributed by atoms with van der Waals surface area (Å²) >= 11 is 0. The highest BCUT2D eigenvalue weighted by molar-refractivity contribution is 4.83. The molecule has 0 aliphatic heterocycles. The first kappa shape index (κ1) is 9.15. The third-order valence-corrected chi connectivity index (χ3v) is 1.14. The van der Waals surface area contributed by atoms with Crippen LogP contribution in [0.2, 0.25) is 0 Å². The Hall–Kier alpha value is -0.850. The van der Waals surface area contributed by atoms with Gasteiger partial charge >= 0.3 is 0 Å². The number of rotatable bonds is 1. The Bertz CT molecular complexity index is 146. The van der Waals surface area contributed by atoms with Gasteiger partial charge < -0.3 is 0 Å². The van der Waals surface area contributed by atoms with Crippen LogP contribution in [0.5, 0.6) is 0 Å². The normalized spacial score (nSPS) is 7.90. The highest BCUT2D eigenvalue weighted by Crippen LogP contribution is 1.74. The lowest BCUT2D eigenvalue weighted by Crippen LogP contribution is -2.30. The molecule has 0 amide bonds. The molecule has 0 saturated carbocycles. The van der Waals surface area contributed by atoms with Crippen LogP contribution < -0.4 is 4.57 Å². The maximum Gasteiger partial charge on any atom is 0.168 e. The lowest BCUT2D eigenvalue weighted by molar-refractivity contribution is -0.693. The Morgan fingerprint density at radius 3 is 1.80 bits per heavy atom. The number of hydrogen-bond acceptors (Lipinski definition) is 0. The number of pyridine rings is 1. The first-order valence-electron chi connectivity index (χ1n) is 3.87. The molecule has 0 saturated heterocycles. The van der Waals surface area contributed by atoms with Gasteiger partial charge in [-0.1, -0.05) is 19.9 Å². The van der Waals surface area contributed by atoms with Crippen LogP contribution in [0.4, 0.5) is 0 Å². The molecule has 0 aliphatic carbocycles. The number of hydrogen-bond donors (Lipinski definition) is 0. The molecule has 56 valence electrons. The van der Waals surface area contributed by atoms with Gasteiger partial charge in [0, 0.05) is 12.1 Å². The number of aromatic nitrogens is 1. The van der Waals surface area contributed by atoms with Gasteiger partial charge in [-0.25, -0.2) is 4.57 Å². The molecule has 1 aromatic heterocycles. The van der Waals surface area contributed by atoms with Crippen LogP contribution in [-0.4, -0.2) is 0 Å². The fourth-order valence-electron chi connectivity index (χ4n) is 0.645. The van der Waals surface area contributed by atoms with E-state index in [1.165, 1.54) is 0 Å². The van der Waals surface area contributed by atoms with Gasteiger partial charge in [0.25, 0.3) is 0 Å². The van der Waals surface area contributed by atoms with E-state index < -0.39 is 0 Å². The molecule has 1 heteroatoms. The van der Waals surface area contributed by atoms with E-state index in [9.17, 15) is 0 Å². The van der Waals surface area contributed by atoms with E-state index in [0.717, 1.165) is 6.54 Å². The Labute approximate surface area is 63.3 Å². The molecule has 0 aromatic carbocycles. The maximum absolute atomic E-state index is 2.12. The molecule has 1 aromatic rings. The maximum atomic E-state index is 2.12. The fourth-order valence-corrected chi connectivity index (χ4v) is 0.645. The molecule has 10 heavy (non-hydrogen) atoms. The third kappa shape index (κ3) is 3.23. The summed E-state index contributed by atoms with van der Waals surface area (Å²) in [4.78, 5) is 0. The van der Waals surface area contributed by atoms with Gasteiger partial charge in [0.15, 0.2) is 12.4 Å². The fraction of sp³-hybridized carbons (Fsp3) is 0.444. The predicted octanol–water partition coefficient (Wildman–Crippen LogP) is 2.02. The summed E-state index contributed by atoms with van der Waals surface area (Å²) in [6.45, 7) is 7.18. The second kappa shape index (κ2) is 6.27. The summed E-state index contributed by atoms with van der Waals surface area (Å²) in [7, 11) is 0. The van der Waals surface area contributed by atoms with E-state index in [2.05, 4.69) is 23.9 Å². The summed E-state index contributed by atoms with van der Waals surface area (Å²) in [6.07, 6.45) is 4.11. The Balaban J connectivity index is 0.000000371. The smallest absolute Gasteiger partial charge is 0.168 e. The van der Waals surface area contributed by atoms with Crippen molar-refractivity contribution in [2.24, 2.45) is 0 Å². The SMILES string of the molecule is CC.CC[n+]1ccccc1. The van der Waals surface area contributed by atoms with Gasteiger partial charge in [-0.05, 0) is 6.92 Å². The van der Waals surface area contributed by atoms with Crippen molar-refractivity contribution in [3.63, 3.8) is 0 Å². The van der Waals surface area contributed by atoms with Crippen molar-refractivity contribution in [2.45, 2.75) is 27.3 Å². The topological polar surface area (TPSA) is 3.88 Å². The second-order valence-electron chi connectivity index (χ2n) is 1.71. The van der Waals surface area contributed by atoms with Crippen LogP contribution in [-0.2, 0) is 6.54 Å². The molecule has 1 rings (SSSR count). The zero-order valence-corrected chi connectivity index (χ0v) is 7.04. The minimum atomic E-state index is 1.06. The van der Waals surface area contributed by atoms with E-state index >= 15 is 0 Å². The summed E-state index contributed by atoms with van der Waals surface area (Å²) in [5, 5.41) is 0. The van der Waals surface area contributed by atoms with Crippen molar-refractivity contribution in [1.29, 1.82) is 0 Å². The first-order valence-corrected chi connectivity index (χ1v) is 3.87. The van der Waals surface area contributed by atoms with E-state index in [1.54, 1.807) is 0 Å². The van der Waals surface area contributed by atoms with Crippen molar-refractivity contribution in [1.82, 2.24) is 0 Å². The zero-order valence-electron chi connectivity index (χ0n) is 7.04. The molecule has 0 atom stereocenters. The van der Waals surface area contributed by atoms with Crippen molar-refractivity contribution in [3.8, 4) is 0 Å². The summed E-state index contributed by atoms with van der Waals surface area (Å²) in [5.74, 6) is 0. The molecular formula is C9H16N+. The average Bonchev–Trinajstić information content (AvgIpc) is 2.10. The van der Waals surface area contributed by atoms with Gasteiger partial charge in [0.2, 0.25) is 0 Å². The molecule has 1 nitrogen and oxygen atoms in total. The second-order valence-corrected chi connectivity index (χ2v) is 1.71. The standard InChI is InChI=1S/C7H10N.C2H6/c1-2-8-6-4-3-5-7-8;1-2/h3-7H,2H2,1H3;1-2H3/q+1;. The number of nitrogens with zero attached hydrogens (tertiary/aromatic N) is 1. The van der Waals surface area contributed by atoms with Crippen molar-refractivity contribution < 1.29 is 4.57 Å². The van der Waals surface area contributed by atoms with E-state index in [0.29, 0.717) is 0 Å². The highest BCUT2D eigenvalue weighted by Gasteiger charge is 1.86. The molecule has 0 bridgehead atoms. The lowest BCUT2D eigenvalue weighted by atomic mass is 10.5. The van der Waals surface area contributed by atoms with Gasteiger partial charge in [0.05, 0.1) is 0 Å². The molecule has 0 fully saturated rings. The Morgan fingerprint density at radius 1 is 1.00 bits per heavy atom. The summed E-state index contributed by atoms with van der Waals surface area (Å²) in [6, 6.07) is 6.08. The predicted molar refractivity (Wildman–Crippen MR) is 43.7 cm³/mol. The van der Waals surface area contributed by atoms with E-state index in [-0.39, 0.29) is 0 Å². The first-order chi connectivity index (χ1) is 4.93. The minimum absolute atomic E-state index is 1.06. The average molecular weight is 138 g/mol. The minimum Gasteiger partial charge on any atom is -0.205 e.